The second-order valence-corrected chi connectivity index (χ2v) is 4.43. The van der Waals surface area contributed by atoms with Crippen molar-refractivity contribution in [3.63, 3.8) is 0 Å². The highest BCUT2D eigenvalue weighted by molar-refractivity contribution is 6.30. The Labute approximate surface area is 94.6 Å². The van der Waals surface area contributed by atoms with Crippen molar-refractivity contribution in [2.45, 2.75) is 25.7 Å². The predicted molar refractivity (Wildman–Crippen MR) is 61.0 cm³/mol. The van der Waals surface area contributed by atoms with Crippen LogP contribution in [-0.2, 0) is 6.42 Å². The predicted octanol–water partition coefficient (Wildman–Crippen LogP) is 3.12. The van der Waals surface area contributed by atoms with Gasteiger partial charge in [0.25, 0.3) is 0 Å². The standard InChI is InChI=1S/C12H15ClFN/c1-2-8-7-15-4-3-9-5-12(14)11(13)6-10(8)9/h5-6,8,15H,2-4,7H2,1H3/t8-/m0/s1. The van der Waals surface area contributed by atoms with E-state index in [-0.39, 0.29) is 10.8 Å². The van der Waals surface area contributed by atoms with Crippen molar-refractivity contribution in [1.82, 2.24) is 5.32 Å². The molecule has 0 unspecified atom stereocenters. The fourth-order valence-corrected chi connectivity index (χ4v) is 2.35. The molecule has 1 aromatic carbocycles. The van der Waals surface area contributed by atoms with Crippen LogP contribution in [0.5, 0.6) is 0 Å². The number of fused-ring (bicyclic) bond motifs is 1. The Morgan fingerprint density at radius 3 is 3.07 bits per heavy atom. The van der Waals surface area contributed by atoms with Gasteiger partial charge < -0.3 is 5.32 Å². The molecular weight excluding hydrogens is 213 g/mol. The van der Waals surface area contributed by atoms with Crippen LogP contribution in [0.15, 0.2) is 12.1 Å². The quantitative estimate of drug-likeness (QED) is 0.778. The molecule has 0 fully saturated rings. The molecule has 0 radical (unpaired) electrons. The van der Waals surface area contributed by atoms with Gasteiger partial charge in [-0.3, -0.25) is 0 Å². The summed E-state index contributed by atoms with van der Waals surface area (Å²) in [7, 11) is 0. The normalized spacial score (nSPS) is 20.9. The molecule has 0 aromatic heterocycles. The van der Waals surface area contributed by atoms with E-state index in [0.29, 0.717) is 5.92 Å². The molecule has 1 N–H and O–H groups in total. The molecule has 1 atom stereocenters. The third-order valence-electron chi connectivity index (χ3n) is 3.08. The third kappa shape index (κ3) is 2.16. The zero-order valence-electron chi connectivity index (χ0n) is 8.82. The molecule has 1 aromatic rings. The minimum absolute atomic E-state index is 0.245. The summed E-state index contributed by atoms with van der Waals surface area (Å²) in [6.07, 6.45) is 1.95. The van der Waals surface area contributed by atoms with E-state index in [1.807, 2.05) is 0 Å². The first-order valence-corrected chi connectivity index (χ1v) is 5.78. The Kier molecular flexibility index (Phi) is 3.27. The first-order valence-electron chi connectivity index (χ1n) is 5.41. The molecule has 1 nitrogen and oxygen atoms in total. The molecule has 0 spiro atoms. The van der Waals surface area contributed by atoms with E-state index in [2.05, 4.69) is 12.2 Å². The molecule has 1 heterocycles. The Hall–Kier alpha value is -0.600. The van der Waals surface area contributed by atoms with E-state index in [0.717, 1.165) is 31.5 Å². The second-order valence-electron chi connectivity index (χ2n) is 4.02. The number of hydrogen-bond donors (Lipinski definition) is 1. The SMILES string of the molecule is CC[C@H]1CNCCc2cc(F)c(Cl)cc21. The molecule has 0 amide bonds. The molecule has 3 heteroatoms. The Balaban J connectivity index is 2.46. The van der Waals surface area contributed by atoms with Crippen molar-refractivity contribution in [3.8, 4) is 0 Å². The van der Waals surface area contributed by atoms with Crippen LogP contribution in [-0.4, -0.2) is 13.1 Å². The number of hydrogen-bond acceptors (Lipinski definition) is 1. The summed E-state index contributed by atoms with van der Waals surface area (Å²) in [5.74, 6) is 0.160. The molecule has 0 bridgehead atoms. The molecule has 0 aliphatic carbocycles. The molecular formula is C12H15ClFN. The Morgan fingerprint density at radius 2 is 2.33 bits per heavy atom. The highest BCUT2D eigenvalue weighted by atomic mass is 35.5. The van der Waals surface area contributed by atoms with Crippen molar-refractivity contribution in [2.75, 3.05) is 13.1 Å². The first-order chi connectivity index (χ1) is 7.22. The zero-order valence-corrected chi connectivity index (χ0v) is 9.57. The average molecular weight is 228 g/mol. The van der Waals surface area contributed by atoms with E-state index in [1.54, 1.807) is 12.1 Å². The van der Waals surface area contributed by atoms with Gasteiger partial charge in [0, 0.05) is 6.54 Å². The fourth-order valence-electron chi connectivity index (χ4n) is 2.17. The molecule has 15 heavy (non-hydrogen) atoms. The smallest absolute Gasteiger partial charge is 0.142 e. The lowest BCUT2D eigenvalue weighted by atomic mass is 9.92. The lowest BCUT2D eigenvalue weighted by Gasteiger charge is -2.15. The summed E-state index contributed by atoms with van der Waals surface area (Å²) in [6.45, 7) is 4.04. The lowest BCUT2D eigenvalue weighted by Crippen LogP contribution is -2.19. The van der Waals surface area contributed by atoms with Gasteiger partial charge >= 0.3 is 0 Å². The Bertz CT molecular complexity index is 365. The molecule has 0 saturated carbocycles. The lowest BCUT2D eigenvalue weighted by molar-refractivity contribution is 0.593. The van der Waals surface area contributed by atoms with Gasteiger partial charge in [-0.1, -0.05) is 18.5 Å². The topological polar surface area (TPSA) is 12.0 Å². The minimum Gasteiger partial charge on any atom is -0.316 e. The minimum atomic E-state index is -0.299. The maximum atomic E-state index is 13.3. The van der Waals surface area contributed by atoms with Gasteiger partial charge in [0.1, 0.15) is 5.82 Å². The van der Waals surface area contributed by atoms with Crippen LogP contribution in [0.3, 0.4) is 0 Å². The summed E-state index contributed by atoms with van der Waals surface area (Å²) < 4.78 is 13.3. The van der Waals surface area contributed by atoms with Gasteiger partial charge in [-0.15, -0.1) is 0 Å². The van der Waals surface area contributed by atoms with Crippen LogP contribution < -0.4 is 5.32 Å². The van der Waals surface area contributed by atoms with Crippen LogP contribution in [0.2, 0.25) is 5.02 Å². The van der Waals surface area contributed by atoms with Crippen molar-refractivity contribution < 1.29 is 4.39 Å². The second kappa shape index (κ2) is 4.50. The summed E-state index contributed by atoms with van der Waals surface area (Å²) in [5.41, 5.74) is 2.32. The largest absolute Gasteiger partial charge is 0.316 e. The molecule has 2 rings (SSSR count). The molecule has 1 aliphatic heterocycles. The van der Waals surface area contributed by atoms with E-state index in [4.69, 9.17) is 11.6 Å². The van der Waals surface area contributed by atoms with Crippen LogP contribution in [0.1, 0.15) is 30.4 Å². The molecule has 82 valence electrons. The van der Waals surface area contributed by atoms with Crippen LogP contribution in [0, 0.1) is 5.82 Å². The highest BCUT2D eigenvalue weighted by Gasteiger charge is 2.18. The van der Waals surface area contributed by atoms with Crippen molar-refractivity contribution >= 4 is 11.6 Å². The van der Waals surface area contributed by atoms with E-state index < -0.39 is 0 Å². The summed E-state index contributed by atoms with van der Waals surface area (Å²) in [6, 6.07) is 3.39. The first kappa shape index (κ1) is 10.9. The number of benzene rings is 1. The van der Waals surface area contributed by atoms with Gasteiger partial charge in [0.2, 0.25) is 0 Å². The maximum Gasteiger partial charge on any atom is 0.142 e. The maximum absolute atomic E-state index is 13.3. The summed E-state index contributed by atoms with van der Waals surface area (Å²) in [5, 5.41) is 3.61. The van der Waals surface area contributed by atoms with E-state index >= 15 is 0 Å². The fraction of sp³-hybridized carbons (Fsp3) is 0.500. The monoisotopic (exact) mass is 227 g/mol. The van der Waals surface area contributed by atoms with Crippen molar-refractivity contribution in [2.24, 2.45) is 0 Å². The molecule has 1 aliphatic rings. The highest BCUT2D eigenvalue weighted by Crippen LogP contribution is 2.29. The molecule has 0 saturated heterocycles. The summed E-state index contributed by atoms with van der Waals surface area (Å²) in [4.78, 5) is 0. The van der Waals surface area contributed by atoms with E-state index in [9.17, 15) is 4.39 Å². The van der Waals surface area contributed by atoms with Crippen LogP contribution in [0.25, 0.3) is 0 Å². The summed E-state index contributed by atoms with van der Waals surface area (Å²) >= 11 is 5.83. The number of halogens is 2. The van der Waals surface area contributed by atoms with Gasteiger partial charge in [-0.05, 0) is 48.6 Å². The van der Waals surface area contributed by atoms with Gasteiger partial charge in [-0.2, -0.15) is 0 Å². The van der Waals surface area contributed by atoms with Gasteiger partial charge in [-0.25, -0.2) is 4.39 Å². The third-order valence-corrected chi connectivity index (χ3v) is 3.37. The van der Waals surface area contributed by atoms with Crippen LogP contribution in [0.4, 0.5) is 4.39 Å². The van der Waals surface area contributed by atoms with Crippen molar-refractivity contribution in [3.05, 3.63) is 34.1 Å². The van der Waals surface area contributed by atoms with Gasteiger partial charge in [0.05, 0.1) is 5.02 Å². The van der Waals surface area contributed by atoms with E-state index in [1.165, 1.54) is 5.56 Å². The van der Waals surface area contributed by atoms with Gasteiger partial charge in [0.15, 0.2) is 0 Å². The zero-order chi connectivity index (χ0) is 10.8. The number of nitrogens with one attached hydrogen (secondary N) is 1. The van der Waals surface area contributed by atoms with Crippen molar-refractivity contribution in [1.29, 1.82) is 0 Å². The average Bonchev–Trinajstić information content (AvgIpc) is 2.41. The van der Waals surface area contributed by atoms with Crippen LogP contribution >= 0.6 is 11.6 Å². The number of rotatable bonds is 1. The Morgan fingerprint density at radius 1 is 1.53 bits per heavy atom.